The van der Waals surface area contributed by atoms with Crippen LogP contribution in [0.3, 0.4) is 0 Å². The van der Waals surface area contributed by atoms with E-state index in [1.807, 2.05) is 48.5 Å². The molecular formula is C28H16Cl2N2O2S. The zero-order valence-electron chi connectivity index (χ0n) is 18.2. The van der Waals surface area contributed by atoms with Gasteiger partial charge in [-0.1, -0.05) is 65.3 Å². The van der Waals surface area contributed by atoms with Crippen molar-refractivity contribution in [2.75, 3.05) is 5.75 Å². The highest BCUT2D eigenvalue weighted by Crippen LogP contribution is 2.36. The number of hydrogen-bond acceptors (Lipinski definition) is 5. The molecule has 0 spiro atoms. The normalized spacial score (nSPS) is 10.9. The molecule has 0 saturated carbocycles. The first kappa shape index (κ1) is 23.2. The van der Waals surface area contributed by atoms with E-state index in [4.69, 9.17) is 32.6 Å². The first-order chi connectivity index (χ1) is 17.0. The molecule has 0 atom stereocenters. The van der Waals surface area contributed by atoms with Gasteiger partial charge in [-0.05, 0) is 60.2 Å². The third-order valence-electron chi connectivity index (χ3n) is 5.44. The largest absolute Gasteiger partial charge is 0.454 e. The van der Waals surface area contributed by atoms with Crippen molar-refractivity contribution in [1.82, 2.24) is 4.98 Å². The summed E-state index contributed by atoms with van der Waals surface area (Å²) in [7, 11) is 0. The van der Waals surface area contributed by atoms with E-state index in [-0.39, 0.29) is 11.5 Å². The maximum Gasteiger partial charge on any atom is 0.173 e. The smallest absolute Gasteiger partial charge is 0.173 e. The summed E-state index contributed by atoms with van der Waals surface area (Å²) in [5.41, 5.74) is 3.76. The number of carbonyl (C=O) groups excluding carboxylic acids is 1. The minimum atomic E-state index is -0.0838. The minimum absolute atomic E-state index is 0.0838. The van der Waals surface area contributed by atoms with E-state index >= 15 is 0 Å². The van der Waals surface area contributed by atoms with Crippen molar-refractivity contribution in [3.05, 3.63) is 106 Å². The topological polar surface area (TPSA) is 66.9 Å². The Balaban J connectivity index is 1.58. The number of ketones is 1. The second-order valence-electron chi connectivity index (χ2n) is 7.72. The number of Topliss-reactive ketones (excluding diaryl/α,β-unsaturated/α-hetero) is 1. The minimum Gasteiger partial charge on any atom is -0.454 e. The fraction of sp³-hybridized carbons (Fsp3) is 0.0357. The number of para-hydroxylation sites is 1. The second-order valence-corrected chi connectivity index (χ2v) is 9.56. The van der Waals surface area contributed by atoms with Crippen LogP contribution in [0.25, 0.3) is 33.6 Å². The lowest BCUT2D eigenvalue weighted by Crippen LogP contribution is -2.04. The number of furan rings is 1. The molecule has 5 rings (SSSR count). The Labute approximate surface area is 216 Å². The van der Waals surface area contributed by atoms with Crippen molar-refractivity contribution in [2.45, 2.75) is 5.03 Å². The number of hydrogen-bond donors (Lipinski definition) is 0. The van der Waals surface area contributed by atoms with Gasteiger partial charge in [0.1, 0.15) is 22.4 Å². The molecule has 35 heavy (non-hydrogen) atoms. The Morgan fingerprint density at radius 3 is 2.31 bits per heavy atom. The summed E-state index contributed by atoms with van der Waals surface area (Å²) in [6, 6.07) is 27.7. The zero-order valence-corrected chi connectivity index (χ0v) is 20.5. The van der Waals surface area contributed by atoms with Crippen molar-refractivity contribution in [3.8, 4) is 28.7 Å². The van der Waals surface area contributed by atoms with Gasteiger partial charge in [-0.25, -0.2) is 4.98 Å². The molecule has 0 aliphatic rings. The van der Waals surface area contributed by atoms with Crippen LogP contribution in [0.1, 0.15) is 15.9 Å². The zero-order chi connectivity index (χ0) is 24.4. The van der Waals surface area contributed by atoms with Crippen molar-refractivity contribution in [1.29, 1.82) is 5.26 Å². The molecule has 2 aromatic heterocycles. The third-order valence-corrected chi connectivity index (χ3v) is 6.92. The molecule has 7 heteroatoms. The Morgan fingerprint density at radius 1 is 0.943 bits per heavy atom. The average Bonchev–Trinajstić information content (AvgIpc) is 3.32. The summed E-state index contributed by atoms with van der Waals surface area (Å²) in [6.07, 6.45) is 0. The number of carbonyl (C=O) groups is 1. The molecule has 170 valence electrons. The van der Waals surface area contributed by atoms with Crippen LogP contribution in [0.2, 0.25) is 10.0 Å². The molecule has 3 aromatic carbocycles. The van der Waals surface area contributed by atoms with Gasteiger partial charge in [0, 0.05) is 26.6 Å². The molecule has 5 aromatic rings. The standard InChI is InChI=1S/C28H16Cl2N2O2S/c29-20-9-5-17(6-10-20)22-14-24(27-13-19-3-1-2-4-26(19)34-27)32-28(23(22)15-31)35-16-25(33)18-7-11-21(30)12-8-18/h1-14H,16H2. The van der Waals surface area contributed by atoms with Crippen LogP contribution in [-0.2, 0) is 0 Å². The van der Waals surface area contributed by atoms with Crippen molar-refractivity contribution >= 4 is 51.7 Å². The first-order valence-electron chi connectivity index (χ1n) is 10.6. The molecule has 0 fully saturated rings. The van der Waals surface area contributed by atoms with Gasteiger partial charge < -0.3 is 4.42 Å². The van der Waals surface area contributed by atoms with Gasteiger partial charge in [0.2, 0.25) is 0 Å². The molecule has 0 saturated heterocycles. The number of rotatable bonds is 6. The van der Waals surface area contributed by atoms with Gasteiger partial charge in [-0.15, -0.1) is 0 Å². The second kappa shape index (κ2) is 9.97. The van der Waals surface area contributed by atoms with Crippen LogP contribution in [0, 0.1) is 11.3 Å². The van der Waals surface area contributed by atoms with Crippen LogP contribution in [0.15, 0.2) is 94.4 Å². The summed E-state index contributed by atoms with van der Waals surface area (Å²) < 4.78 is 6.04. The van der Waals surface area contributed by atoms with E-state index in [9.17, 15) is 10.1 Å². The number of benzene rings is 3. The highest BCUT2D eigenvalue weighted by atomic mass is 35.5. The van der Waals surface area contributed by atoms with E-state index in [0.717, 1.165) is 16.5 Å². The monoisotopic (exact) mass is 514 g/mol. The van der Waals surface area contributed by atoms with Gasteiger partial charge >= 0.3 is 0 Å². The summed E-state index contributed by atoms with van der Waals surface area (Å²) in [5, 5.41) is 12.6. The quantitative estimate of drug-likeness (QED) is 0.168. The van der Waals surface area contributed by atoms with E-state index in [1.165, 1.54) is 11.8 Å². The Morgan fingerprint density at radius 2 is 1.63 bits per heavy atom. The maximum atomic E-state index is 12.8. The highest BCUT2D eigenvalue weighted by Gasteiger charge is 2.19. The number of aromatic nitrogens is 1. The average molecular weight is 515 g/mol. The van der Waals surface area contributed by atoms with Crippen molar-refractivity contribution in [3.63, 3.8) is 0 Å². The molecular weight excluding hydrogens is 499 g/mol. The molecule has 0 unspecified atom stereocenters. The van der Waals surface area contributed by atoms with Gasteiger partial charge in [-0.2, -0.15) is 5.26 Å². The number of halogens is 2. The summed E-state index contributed by atoms with van der Waals surface area (Å²) in [5.74, 6) is 0.615. The van der Waals surface area contributed by atoms with E-state index in [1.54, 1.807) is 36.4 Å². The fourth-order valence-corrected chi connectivity index (χ4v) is 4.83. The van der Waals surface area contributed by atoms with E-state index < -0.39 is 0 Å². The van der Waals surface area contributed by atoms with Gasteiger partial charge in [0.05, 0.1) is 11.3 Å². The van der Waals surface area contributed by atoms with Crippen LogP contribution >= 0.6 is 35.0 Å². The van der Waals surface area contributed by atoms with Gasteiger partial charge in [0.25, 0.3) is 0 Å². The molecule has 0 aliphatic carbocycles. The number of pyridine rings is 1. The van der Waals surface area contributed by atoms with Crippen LogP contribution < -0.4 is 0 Å². The summed E-state index contributed by atoms with van der Waals surface area (Å²) in [4.78, 5) is 17.5. The Kier molecular flexibility index (Phi) is 6.61. The predicted molar refractivity (Wildman–Crippen MR) is 141 cm³/mol. The molecule has 0 radical (unpaired) electrons. The molecule has 0 aliphatic heterocycles. The first-order valence-corrected chi connectivity index (χ1v) is 12.4. The lowest BCUT2D eigenvalue weighted by atomic mass is 10.0. The third kappa shape index (κ3) is 4.96. The van der Waals surface area contributed by atoms with Crippen molar-refractivity contribution < 1.29 is 9.21 Å². The van der Waals surface area contributed by atoms with Gasteiger partial charge in [-0.3, -0.25) is 4.79 Å². The molecule has 0 amide bonds. The van der Waals surface area contributed by atoms with Crippen LogP contribution in [0.4, 0.5) is 0 Å². The van der Waals surface area contributed by atoms with E-state index in [0.29, 0.717) is 43.2 Å². The van der Waals surface area contributed by atoms with E-state index in [2.05, 4.69) is 6.07 Å². The molecule has 2 heterocycles. The number of fused-ring (bicyclic) bond motifs is 1. The highest BCUT2D eigenvalue weighted by molar-refractivity contribution is 8.00. The lowest BCUT2D eigenvalue weighted by molar-refractivity contribution is 0.102. The Bertz CT molecular complexity index is 1550. The maximum absolute atomic E-state index is 12.8. The van der Waals surface area contributed by atoms with Gasteiger partial charge in [0.15, 0.2) is 11.5 Å². The number of nitrogens with zero attached hydrogens (tertiary/aromatic N) is 2. The lowest BCUT2D eigenvalue weighted by Gasteiger charge is -2.11. The predicted octanol–water partition coefficient (Wildman–Crippen LogP) is 8.32. The molecule has 0 N–H and O–H groups in total. The SMILES string of the molecule is N#Cc1c(-c2ccc(Cl)cc2)cc(-c2cc3ccccc3o2)nc1SCC(=O)c1ccc(Cl)cc1. The number of thioether (sulfide) groups is 1. The molecule has 0 bridgehead atoms. The summed E-state index contributed by atoms with van der Waals surface area (Å²) in [6.45, 7) is 0. The van der Waals surface area contributed by atoms with Crippen LogP contribution in [-0.4, -0.2) is 16.5 Å². The fourth-order valence-electron chi connectivity index (χ4n) is 3.68. The molecule has 4 nitrogen and oxygen atoms in total. The summed E-state index contributed by atoms with van der Waals surface area (Å²) >= 11 is 13.2. The van der Waals surface area contributed by atoms with Crippen molar-refractivity contribution in [2.24, 2.45) is 0 Å². The Hall–Kier alpha value is -3.56. The number of nitriles is 1. The van der Waals surface area contributed by atoms with Crippen LogP contribution in [0.5, 0.6) is 0 Å².